The Kier molecular flexibility index (Phi) is 4.04. The average molecular weight is 320 g/mol. The van der Waals surface area contributed by atoms with Gasteiger partial charge in [-0.1, -0.05) is 24.3 Å². The maximum Gasteiger partial charge on any atom is 0.259 e. The van der Waals surface area contributed by atoms with Gasteiger partial charge in [-0.05, 0) is 29.7 Å². The molecule has 112 valence electrons. The summed E-state index contributed by atoms with van der Waals surface area (Å²) in [5.74, 6) is -0.753. The summed E-state index contributed by atoms with van der Waals surface area (Å²) >= 11 is 1.54. The highest BCUT2D eigenvalue weighted by molar-refractivity contribution is 7.13. The van der Waals surface area contributed by atoms with Gasteiger partial charge in [0.1, 0.15) is 17.3 Å². The molecule has 1 amide bonds. The fourth-order valence-electron chi connectivity index (χ4n) is 2.12. The highest BCUT2D eigenvalue weighted by Gasteiger charge is 2.14. The number of para-hydroxylation sites is 1. The number of nitrogens with zero attached hydrogens (tertiary/aromatic N) is 3. The Bertz CT molecular complexity index is 902. The Morgan fingerprint density at radius 3 is 2.65 bits per heavy atom. The van der Waals surface area contributed by atoms with E-state index in [4.69, 9.17) is 11.0 Å². The molecule has 2 heterocycles. The zero-order valence-electron chi connectivity index (χ0n) is 12.0. The summed E-state index contributed by atoms with van der Waals surface area (Å²) in [6.07, 6.45) is 3.26. The number of hydrogen-bond acceptors (Lipinski definition) is 4. The molecule has 0 aliphatic carbocycles. The lowest BCUT2D eigenvalue weighted by atomic mass is 10.1. The van der Waals surface area contributed by atoms with Crippen LogP contribution in [0, 0.1) is 11.3 Å². The fourth-order valence-corrected chi connectivity index (χ4v) is 2.86. The lowest BCUT2D eigenvalue weighted by Gasteiger charge is -1.99. The second-order valence-corrected chi connectivity index (χ2v) is 5.67. The summed E-state index contributed by atoms with van der Waals surface area (Å²) in [5, 5.41) is 15.6. The minimum Gasteiger partial charge on any atom is -0.365 e. The molecule has 0 radical (unpaired) electrons. The number of rotatable bonds is 4. The van der Waals surface area contributed by atoms with Crippen LogP contribution in [0.15, 0.2) is 59.6 Å². The summed E-state index contributed by atoms with van der Waals surface area (Å²) in [7, 11) is 0. The van der Waals surface area contributed by atoms with Gasteiger partial charge < -0.3 is 5.73 Å². The van der Waals surface area contributed by atoms with Gasteiger partial charge in [0.15, 0.2) is 0 Å². The van der Waals surface area contributed by atoms with Crippen LogP contribution in [0.5, 0.6) is 0 Å². The van der Waals surface area contributed by atoms with Gasteiger partial charge in [0.05, 0.1) is 10.6 Å². The Morgan fingerprint density at radius 2 is 2.04 bits per heavy atom. The SMILES string of the molecule is N#CC(=Cc1cn(-c2ccccc2)nc1-c1cccs1)C(N)=O. The summed E-state index contributed by atoms with van der Waals surface area (Å²) in [5.41, 5.74) is 7.40. The Morgan fingerprint density at radius 1 is 1.26 bits per heavy atom. The van der Waals surface area contributed by atoms with Gasteiger partial charge in [-0.3, -0.25) is 4.79 Å². The van der Waals surface area contributed by atoms with Crippen LogP contribution in [0.25, 0.3) is 22.3 Å². The molecule has 0 aliphatic heterocycles. The summed E-state index contributed by atoms with van der Waals surface area (Å²) in [6, 6.07) is 15.3. The number of hydrogen-bond donors (Lipinski definition) is 1. The lowest BCUT2D eigenvalue weighted by molar-refractivity contribution is -0.114. The smallest absolute Gasteiger partial charge is 0.259 e. The van der Waals surface area contributed by atoms with E-state index >= 15 is 0 Å². The van der Waals surface area contributed by atoms with Crippen molar-refractivity contribution >= 4 is 23.3 Å². The van der Waals surface area contributed by atoms with E-state index < -0.39 is 5.91 Å². The zero-order chi connectivity index (χ0) is 16.2. The highest BCUT2D eigenvalue weighted by Crippen LogP contribution is 2.29. The van der Waals surface area contributed by atoms with Gasteiger partial charge in [0.2, 0.25) is 0 Å². The Balaban J connectivity index is 2.16. The van der Waals surface area contributed by atoms with E-state index in [-0.39, 0.29) is 5.57 Å². The van der Waals surface area contributed by atoms with Crippen molar-refractivity contribution in [2.75, 3.05) is 0 Å². The maximum absolute atomic E-state index is 11.3. The molecule has 0 unspecified atom stereocenters. The zero-order valence-corrected chi connectivity index (χ0v) is 12.8. The molecule has 3 rings (SSSR count). The molecular weight excluding hydrogens is 308 g/mol. The van der Waals surface area contributed by atoms with Crippen molar-refractivity contribution in [3.05, 3.63) is 65.2 Å². The third kappa shape index (κ3) is 3.05. The largest absolute Gasteiger partial charge is 0.365 e. The molecule has 0 saturated carbocycles. The minimum atomic E-state index is -0.753. The fraction of sp³-hybridized carbons (Fsp3) is 0. The molecule has 0 atom stereocenters. The number of primary amides is 1. The van der Waals surface area contributed by atoms with Crippen LogP contribution in [0.1, 0.15) is 5.56 Å². The topological polar surface area (TPSA) is 84.7 Å². The van der Waals surface area contributed by atoms with Crippen molar-refractivity contribution in [2.24, 2.45) is 5.73 Å². The summed E-state index contributed by atoms with van der Waals surface area (Å²) in [6.45, 7) is 0. The molecule has 6 heteroatoms. The minimum absolute atomic E-state index is 0.101. The molecular formula is C17H12N4OS. The lowest BCUT2D eigenvalue weighted by Crippen LogP contribution is -2.12. The van der Waals surface area contributed by atoms with Crippen LogP contribution in [0.3, 0.4) is 0 Å². The number of nitrogens with two attached hydrogens (primary N) is 1. The first-order valence-electron chi connectivity index (χ1n) is 6.79. The van der Waals surface area contributed by atoms with E-state index in [9.17, 15) is 4.79 Å². The highest BCUT2D eigenvalue weighted by atomic mass is 32.1. The first-order valence-corrected chi connectivity index (χ1v) is 7.67. The first kappa shape index (κ1) is 14.8. The van der Waals surface area contributed by atoms with Crippen molar-refractivity contribution in [3.8, 4) is 22.3 Å². The van der Waals surface area contributed by atoms with Crippen LogP contribution in [-0.2, 0) is 4.79 Å². The molecule has 3 aromatic rings. The standard InChI is InChI=1S/C17H12N4OS/c18-10-12(17(19)22)9-13-11-21(14-5-2-1-3-6-14)20-16(13)15-7-4-8-23-15/h1-9,11H,(H2,19,22). The van der Waals surface area contributed by atoms with Gasteiger partial charge in [-0.25, -0.2) is 4.68 Å². The van der Waals surface area contributed by atoms with Gasteiger partial charge in [-0.2, -0.15) is 10.4 Å². The monoisotopic (exact) mass is 320 g/mol. The van der Waals surface area contributed by atoms with Crippen LogP contribution >= 0.6 is 11.3 Å². The van der Waals surface area contributed by atoms with Crippen molar-refractivity contribution in [3.63, 3.8) is 0 Å². The Labute approximate surface area is 136 Å². The normalized spacial score (nSPS) is 11.2. The molecule has 5 nitrogen and oxygen atoms in total. The summed E-state index contributed by atoms with van der Waals surface area (Å²) < 4.78 is 1.72. The van der Waals surface area contributed by atoms with E-state index in [0.29, 0.717) is 11.3 Å². The van der Waals surface area contributed by atoms with E-state index in [0.717, 1.165) is 10.6 Å². The molecule has 2 aromatic heterocycles. The maximum atomic E-state index is 11.3. The van der Waals surface area contributed by atoms with E-state index in [1.165, 1.54) is 17.4 Å². The number of aromatic nitrogens is 2. The van der Waals surface area contributed by atoms with Crippen LogP contribution in [0.2, 0.25) is 0 Å². The number of benzene rings is 1. The molecule has 23 heavy (non-hydrogen) atoms. The average Bonchev–Trinajstić information content (AvgIpc) is 3.22. The second kappa shape index (κ2) is 6.30. The van der Waals surface area contributed by atoms with Crippen molar-refractivity contribution in [2.45, 2.75) is 0 Å². The van der Waals surface area contributed by atoms with Crippen LogP contribution < -0.4 is 5.73 Å². The first-order chi connectivity index (χ1) is 11.2. The predicted octanol–water partition coefficient (Wildman–Crippen LogP) is 2.99. The van der Waals surface area contributed by atoms with Crippen LogP contribution in [-0.4, -0.2) is 15.7 Å². The molecule has 0 bridgehead atoms. The quantitative estimate of drug-likeness (QED) is 0.592. The molecule has 0 aliphatic rings. The van der Waals surface area contributed by atoms with Gasteiger partial charge >= 0.3 is 0 Å². The molecule has 2 N–H and O–H groups in total. The number of thiophene rings is 1. The number of nitriles is 1. The van der Waals surface area contributed by atoms with Gasteiger partial charge in [0.25, 0.3) is 5.91 Å². The second-order valence-electron chi connectivity index (χ2n) is 4.72. The van der Waals surface area contributed by atoms with Gasteiger partial charge in [-0.15, -0.1) is 11.3 Å². The van der Waals surface area contributed by atoms with Crippen molar-refractivity contribution in [1.29, 1.82) is 5.26 Å². The molecule has 0 saturated heterocycles. The molecule has 1 aromatic carbocycles. The third-order valence-corrected chi connectivity index (χ3v) is 4.08. The number of carbonyl (C=O) groups excluding carboxylic acids is 1. The van der Waals surface area contributed by atoms with Gasteiger partial charge in [0, 0.05) is 11.8 Å². The van der Waals surface area contributed by atoms with E-state index in [2.05, 4.69) is 5.10 Å². The number of amides is 1. The molecule has 0 fully saturated rings. The Hall–Kier alpha value is -3.17. The van der Waals surface area contributed by atoms with Crippen molar-refractivity contribution < 1.29 is 4.79 Å². The third-order valence-electron chi connectivity index (χ3n) is 3.20. The van der Waals surface area contributed by atoms with Crippen molar-refractivity contribution in [1.82, 2.24) is 9.78 Å². The van der Waals surface area contributed by atoms with Crippen LogP contribution in [0.4, 0.5) is 0 Å². The summed E-state index contributed by atoms with van der Waals surface area (Å²) in [4.78, 5) is 12.3. The predicted molar refractivity (Wildman–Crippen MR) is 89.7 cm³/mol. The van der Waals surface area contributed by atoms with E-state index in [1.807, 2.05) is 53.9 Å². The molecule has 0 spiro atoms. The van der Waals surface area contributed by atoms with E-state index in [1.54, 1.807) is 10.9 Å². The number of carbonyl (C=O) groups is 1.